The molecule has 0 saturated carbocycles. The molecule has 0 fully saturated rings. The molecule has 0 amide bonds. The summed E-state index contributed by atoms with van der Waals surface area (Å²) in [7, 11) is -3.42. The molecule has 4 nitrogen and oxygen atoms in total. The van der Waals surface area contributed by atoms with Crippen molar-refractivity contribution in [1.82, 2.24) is 10.0 Å². The van der Waals surface area contributed by atoms with E-state index in [2.05, 4.69) is 17.0 Å². The Labute approximate surface area is 134 Å². The molecule has 2 rings (SSSR count). The van der Waals surface area contributed by atoms with Crippen LogP contribution in [0.1, 0.15) is 29.3 Å². The maximum Gasteiger partial charge on any atom is 0.250 e. The fourth-order valence-corrected chi connectivity index (χ4v) is 5.03. The van der Waals surface area contributed by atoms with Crippen molar-refractivity contribution in [2.45, 2.75) is 37.6 Å². The molecule has 2 aromatic heterocycles. The summed E-state index contributed by atoms with van der Waals surface area (Å²) in [5.74, 6) is 0. The Balaban J connectivity index is 1.97. The molecule has 0 atom stereocenters. The molecule has 0 unspecified atom stereocenters. The molecule has 2 aromatic rings. The first-order chi connectivity index (χ1) is 10.0. The van der Waals surface area contributed by atoms with E-state index < -0.39 is 10.0 Å². The summed E-state index contributed by atoms with van der Waals surface area (Å²) >= 11 is 2.91. The van der Waals surface area contributed by atoms with E-state index in [1.54, 1.807) is 17.4 Å². The predicted octanol–water partition coefficient (Wildman–Crippen LogP) is 3.10. The zero-order valence-electron chi connectivity index (χ0n) is 12.2. The van der Waals surface area contributed by atoms with Crippen molar-refractivity contribution >= 4 is 32.7 Å². The van der Waals surface area contributed by atoms with Gasteiger partial charge in [0.25, 0.3) is 0 Å². The highest BCUT2D eigenvalue weighted by Crippen LogP contribution is 2.22. The first-order valence-electron chi connectivity index (χ1n) is 6.83. The number of hydrogen-bond acceptors (Lipinski definition) is 5. The Morgan fingerprint density at radius 3 is 2.67 bits per heavy atom. The molecule has 0 aliphatic heterocycles. The summed E-state index contributed by atoms with van der Waals surface area (Å²) in [5.41, 5.74) is 2.16. The smallest absolute Gasteiger partial charge is 0.250 e. The molecule has 0 radical (unpaired) electrons. The Morgan fingerprint density at radius 2 is 2.00 bits per heavy atom. The average molecular weight is 345 g/mol. The first kappa shape index (κ1) is 16.6. The van der Waals surface area contributed by atoms with Gasteiger partial charge in [0.2, 0.25) is 10.0 Å². The van der Waals surface area contributed by atoms with Crippen LogP contribution in [-0.2, 0) is 23.1 Å². The van der Waals surface area contributed by atoms with E-state index in [1.807, 2.05) is 23.8 Å². The lowest BCUT2D eigenvalue weighted by atomic mass is 10.2. The molecule has 0 saturated heterocycles. The van der Waals surface area contributed by atoms with Gasteiger partial charge in [0.15, 0.2) is 0 Å². The molecule has 0 aliphatic rings. The van der Waals surface area contributed by atoms with Gasteiger partial charge < -0.3 is 5.32 Å². The van der Waals surface area contributed by atoms with E-state index in [0.717, 1.165) is 35.5 Å². The van der Waals surface area contributed by atoms with Crippen LogP contribution < -0.4 is 10.0 Å². The highest BCUT2D eigenvalue weighted by Gasteiger charge is 2.17. The van der Waals surface area contributed by atoms with E-state index in [0.29, 0.717) is 10.8 Å². The summed E-state index contributed by atoms with van der Waals surface area (Å²) in [6, 6.07) is 3.55. The highest BCUT2D eigenvalue weighted by molar-refractivity contribution is 7.91. The van der Waals surface area contributed by atoms with Gasteiger partial charge in [0.1, 0.15) is 4.21 Å². The van der Waals surface area contributed by atoms with E-state index in [9.17, 15) is 8.42 Å². The Hall–Kier alpha value is -0.730. The van der Waals surface area contributed by atoms with Crippen molar-refractivity contribution in [2.75, 3.05) is 6.54 Å². The SMILES string of the molecule is CCCNCc1ccc(S(=O)(=O)NCc2cscc2C)s1. The predicted molar refractivity (Wildman–Crippen MR) is 89.4 cm³/mol. The summed E-state index contributed by atoms with van der Waals surface area (Å²) in [6.07, 6.45) is 1.07. The van der Waals surface area contributed by atoms with Crippen LogP contribution in [0.15, 0.2) is 27.1 Å². The van der Waals surface area contributed by atoms with Crippen molar-refractivity contribution in [1.29, 1.82) is 0 Å². The molecular weight excluding hydrogens is 324 g/mol. The number of thiophene rings is 2. The van der Waals surface area contributed by atoms with Crippen LogP contribution in [0.4, 0.5) is 0 Å². The second-order valence-electron chi connectivity index (χ2n) is 4.80. The lowest BCUT2D eigenvalue weighted by Crippen LogP contribution is -2.22. The Bertz CT molecular complexity index is 674. The number of sulfonamides is 1. The number of rotatable bonds is 8. The summed E-state index contributed by atoms with van der Waals surface area (Å²) < 4.78 is 27.6. The molecule has 0 aliphatic carbocycles. The quantitative estimate of drug-likeness (QED) is 0.724. The lowest BCUT2D eigenvalue weighted by molar-refractivity contribution is 0.583. The van der Waals surface area contributed by atoms with Gasteiger partial charge in [-0.1, -0.05) is 6.92 Å². The molecular formula is C14H20N2O2S3. The molecule has 0 bridgehead atoms. The van der Waals surface area contributed by atoms with Crippen molar-refractivity contribution in [3.05, 3.63) is 38.9 Å². The van der Waals surface area contributed by atoms with Crippen LogP contribution in [0.5, 0.6) is 0 Å². The number of nitrogens with one attached hydrogen (secondary N) is 2. The largest absolute Gasteiger partial charge is 0.312 e. The monoisotopic (exact) mass is 344 g/mol. The van der Waals surface area contributed by atoms with Gasteiger partial charge in [-0.3, -0.25) is 0 Å². The molecule has 116 valence electrons. The van der Waals surface area contributed by atoms with Gasteiger partial charge in [-0.05, 0) is 53.9 Å². The molecule has 2 heterocycles. The van der Waals surface area contributed by atoms with Crippen LogP contribution >= 0.6 is 22.7 Å². The van der Waals surface area contributed by atoms with Crippen LogP contribution in [-0.4, -0.2) is 15.0 Å². The van der Waals surface area contributed by atoms with Crippen LogP contribution in [0.25, 0.3) is 0 Å². The molecule has 2 N–H and O–H groups in total. The van der Waals surface area contributed by atoms with E-state index in [-0.39, 0.29) is 0 Å². The fourth-order valence-electron chi connectivity index (χ4n) is 1.80. The second-order valence-corrected chi connectivity index (χ2v) is 8.71. The summed E-state index contributed by atoms with van der Waals surface area (Å²) in [5, 5.41) is 7.27. The first-order valence-corrected chi connectivity index (χ1v) is 10.1. The van der Waals surface area contributed by atoms with Crippen LogP contribution in [0.2, 0.25) is 0 Å². The maximum absolute atomic E-state index is 12.3. The van der Waals surface area contributed by atoms with Crippen LogP contribution in [0.3, 0.4) is 0 Å². The number of aryl methyl sites for hydroxylation is 1. The second kappa shape index (κ2) is 7.51. The third-order valence-electron chi connectivity index (χ3n) is 3.04. The van der Waals surface area contributed by atoms with Gasteiger partial charge in [0.05, 0.1) is 0 Å². The standard InChI is InChI=1S/C14H20N2O2S3/c1-3-6-15-8-13-4-5-14(20-13)21(17,18)16-7-12-10-19-9-11(12)2/h4-5,9-10,15-16H,3,6-8H2,1-2H3. The third-order valence-corrected chi connectivity index (χ3v) is 6.93. The minimum atomic E-state index is -3.42. The van der Waals surface area contributed by atoms with Gasteiger partial charge >= 0.3 is 0 Å². The van der Waals surface area contributed by atoms with Gasteiger partial charge in [-0.15, -0.1) is 11.3 Å². The Morgan fingerprint density at radius 1 is 1.19 bits per heavy atom. The fraction of sp³-hybridized carbons (Fsp3) is 0.429. The average Bonchev–Trinajstić information content (AvgIpc) is 3.06. The van der Waals surface area contributed by atoms with Gasteiger partial charge in [-0.25, -0.2) is 13.1 Å². The van der Waals surface area contributed by atoms with Crippen molar-refractivity contribution in [3.8, 4) is 0 Å². The molecule has 0 aromatic carbocycles. The summed E-state index contributed by atoms with van der Waals surface area (Å²) in [6.45, 7) is 6.10. The zero-order chi connectivity index (χ0) is 15.3. The third kappa shape index (κ3) is 4.62. The summed E-state index contributed by atoms with van der Waals surface area (Å²) in [4.78, 5) is 1.04. The lowest BCUT2D eigenvalue weighted by Gasteiger charge is -2.04. The van der Waals surface area contributed by atoms with Crippen molar-refractivity contribution in [2.24, 2.45) is 0 Å². The molecule has 21 heavy (non-hydrogen) atoms. The number of hydrogen-bond donors (Lipinski definition) is 2. The van der Waals surface area contributed by atoms with E-state index in [1.165, 1.54) is 11.3 Å². The van der Waals surface area contributed by atoms with Gasteiger partial charge in [-0.2, -0.15) is 11.3 Å². The maximum atomic E-state index is 12.3. The van der Waals surface area contributed by atoms with E-state index >= 15 is 0 Å². The van der Waals surface area contributed by atoms with Gasteiger partial charge in [0, 0.05) is 18.0 Å². The minimum Gasteiger partial charge on any atom is -0.312 e. The normalized spacial score (nSPS) is 11.9. The van der Waals surface area contributed by atoms with Crippen molar-refractivity contribution in [3.63, 3.8) is 0 Å². The zero-order valence-corrected chi connectivity index (χ0v) is 14.6. The molecule has 7 heteroatoms. The van der Waals surface area contributed by atoms with Crippen molar-refractivity contribution < 1.29 is 8.42 Å². The topological polar surface area (TPSA) is 58.2 Å². The highest BCUT2D eigenvalue weighted by atomic mass is 32.2. The van der Waals surface area contributed by atoms with Crippen LogP contribution in [0, 0.1) is 6.92 Å². The Kier molecular flexibility index (Phi) is 5.95. The minimum absolute atomic E-state index is 0.346. The molecule has 0 spiro atoms. The van der Waals surface area contributed by atoms with E-state index in [4.69, 9.17) is 0 Å².